The number of phenolic OH excluding ortho intramolecular Hbond substituents is 1. The van der Waals surface area contributed by atoms with Gasteiger partial charge in [0.2, 0.25) is 0 Å². The molecule has 3 aromatic rings. The second-order valence-corrected chi connectivity index (χ2v) is 9.84. The number of aromatic nitrogens is 1. The standard InChI is InChI=1S/C26H26ClFN4O3/c1-4-8-30(3)9-10-31-24(34)26(2)14-18-17-12-19(27)20(28)13-21(17)29-22(18)23(32(26)25(31)35)15-6-5-7-16(33)11-15/h4-7,11-13,23,29,33H,1,8-10,14H2,2-3H3. The molecule has 1 saturated heterocycles. The van der Waals surface area contributed by atoms with Crippen molar-refractivity contribution in [2.24, 2.45) is 0 Å². The zero-order valence-electron chi connectivity index (χ0n) is 19.5. The highest BCUT2D eigenvalue weighted by atomic mass is 35.5. The fourth-order valence-electron chi connectivity index (χ4n) is 5.33. The topological polar surface area (TPSA) is 79.9 Å². The number of likely N-dealkylation sites (N-methyl/N-ethyl adjacent to an activating group) is 1. The number of urea groups is 1. The zero-order valence-corrected chi connectivity index (χ0v) is 20.3. The third kappa shape index (κ3) is 3.59. The third-order valence-corrected chi connectivity index (χ3v) is 7.33. The molecule has 1 aromatic heterocycles. The third-order valence-electron chi connectivity index (χ3n) is 7.04. The number of H-pyrrole nitrogens is 1. The van der Waals surface area contributed by atoms with Crippen LogP contribution >= 0.6 is 11.6 Å². The van der Waals surface area contributed by atoms with Gasteiger partial charge in [-0.05, 0) is 49.4 Å². The number of carbonyl (C=O) groups is 2. The molecule has 0 spiro atoms. The molecule has 2 aromatic carbocycles. The number of aromatic amines is 1. The second kappa shape index (κ2) is 8.39. The van der Waals surface area contributed by atoms with Crippen LogP contribution in [0.5, 0.6) is 5.75 Å². The number of hydrogen-bond acceptors (Lipinski definition) is 4. The van der Waals surface area contributed by atoms with Gasteiger partial charge < -0.3 is 15.0 Å². The fourth-order valence-corrected chi connectivity index (χ4v) is 5.49. The molecular weight excluding hydrogens is 471 g/mol. The summed E-state index contributed by atoms with van der Waals surface area (Å²) in [5.74, 6) is -0.796. The van der Waals surface area contributed by atoms with Gasteiger partial charge in [-0.2, -0.15) is 0 Å². The van der Waals surface area contributed by atoms with Gasteiger partial charge in [0.05, 0.1) is 5.02 Å². The summed E-state index contributed by atoms with van der Waals surface area (Å²) in [5.41, 5.74) is 1.50. The van der Waals surface area contributed by atoms with E-state index < -0.39 is 23.4 Å². The molecule has 1 fully saturated rings. The summed E-state index contributed by atoms with van der Waals surface area (Å²) in [6, 6.07) is 8.43. The first-order valence-corrected chi connectivity index (χ1v) is 11.8. The number of imide groups is 1. The minimum atomic E-state index is -1.16. The Morgan fingerprint density at radius 3 is 2.83 bits per heavy atom. The summed E-state index contributed by atoms with van der Waals surface area (Å²) in [4.78, 5) is 35.7. The highest BCUT2D eigenvalue weighted by Crippen LogP contribution is 2.49. The van der Waals surface area contributed by atoms with E-state index in [1.54, 1.807) is 48.2 Å². The number of rotatable bonds is 6. The Morgan fingerprint density at radius 1 is 1.34 bits per heavy atom. The fraction of sp³-hybridized carbons (Fsp3) is 0.308. The number of phenols is 1. The van der Waals surface area contributed by atoms with E-state index >= 15 is 0 Å². The molecule has 5 rings (SSSR count). The van der Waals surface area contributed by atoms with E-state index in [0.29, 0.717) is 35.2 Å². The van der Waals surface area contributed by atoms with Crippen LogP contribution in [0, 0.1) is 5.82 Å². The van der Waals surface area contributed by atoms with E-state index in [0.717, 1.165) is 5.56 Å². The van der Waals surface area contributed by atoms with Gasteiger partial charge in [-0.3, -0.25) is 14.6 Å². The van der Waals surface area contributed by atoms with Gasteiger partial charge in [0.15, 0.2) is 0 Å². The molecule has 0 aliphatic carbocycles. The lowest BCUT2D eigenvalue weighted by Crippen LogP contribution is -2.53. The first-order chi connectivity index (χ1) is 16.7. The summed E-state index contributed by atoms with van der Waals surface area (Å²) < 4.78 is 14.3. The van der Waals surface area contributed by atoms with Crippen molar-refractivity contribution in [3.05, 3.63) is 76.7 Å². The minimum Gasteiger partial charge on any atom is -0.508 e. The predicted octanol–water partition coefficient (Wildman–Crippen LogP) is 4.45. The molecule has 0 saturated carbocycles. The molecule has 3 heterocycles. The van der Waals surface area contributed by atoms with Gasteiger partial charge in [0, 0.05) is 42.7 Å². The number of fused-ring (bicyclic) bond motifs is 4. The Bertz CT molecular complexity index is 1370. The first-order valence-electron chi connectivity index (χ1n) is 11.4. The largest absolute Gasteiger partial charge is 0.508 e. The molecule has 7 nitrogen and oxygen atoms in total. The summed E-state index contributed by atoms with van der Waals surface area (Å²) in [7, 11) is 1.90. The van der Waals surface area contributed by atoms with Gasteiger partial charge >= 0.3 is 6.03 Å². The molecule has 2 unspecified atom stereocenters. The Hall–Kier alpha value is -3.36. The summed E-state index contributed by atoms with van der Waals surface area (Å²) in [6.45, 7) is 6.88. The number of nitrogens with zero attached hydrogens (tertiary/aromatic N) is 3. The van der Waals surface area contributed by atoms with Crippen molar-refractivity contribution in [3.8, 4) is 5.75 Å². The van der Waals surface area contributed by atoms with Crippen LogP contribution in [0.15, 0.2) is 49.1 Å². The van der Waals surface area contributed by atoms with Gasteiger partial charge in [0.25, 0.3) is 5.91 Å². The number of hydrogen-bond donors (Lipinski definition) is 2. The van der Waals surface area contributed by atoms with Crippen molar-refractivity contribution in [2.45, 2.75) is 24.9 Å². The molecule has 182 valence electrons. The number of amides is 3. The number of aromatic hydroxyl groups is 1. The van der Waals surface area contributed by atoms with Crippen molar-refractivity contribution in [2.75, 3.05) is 26.7 Å². The Kier molecular flexibility index (Phi) is 5.61. The Balaban J connectivity index is 1.66. The van der Waals surface area contributed by atoms with Crippen molar-refractivity contribution < 1.29 is 19.1 Å². The van der Waals surface area contributed by atoms with Crippen molar-refractivity contribution in [1.29, 1.82) is 0 Å². The normalized spacial score (nSPS) is 21.7. The summed E-state index contributed by atoms with van der Waals surface area (Å²) >= 11 is 6.11. The minimum absolute atomic E-state index is 0.0125. The number of nitrogens with one attached hydrogen (secondary N) is 1. The lowest BCUT2D eigenvalue weighted by atomic mass is 9.81. The molecule has 35 heavy (non-hydrogen) atoms. The summed E-state index contributed by atoms with van der Waals surface area (Å²) in [6.07, 6.45) is 2.02. The highest BCUT2D eigenvalue weighted by molar-refractivity contribution is 6.31. The zero-order chi connectivity index (χ0) is 25.1. The maximum atomic E-state index is 14.3. The van der Waals surface area contributed by atoms with Crippen LogP contribution in [0.4, 0.5) is 9.18 Å². The molecule has 2 aliphatic heterocycles. The van der Waals surface area contributed by atoms with Gasteiger partial charge in [-0.25, -0.2) is 9.18 Å². The van der Waals surface area contributed by atoms with Gasteiger partial charge in [-0.1, -0.05) is 29.8 Å². The second-order valence-electron chi connectivity index (χ2n) is 9.44. The van der Waals surface area contributed by atoms with E-state index in [2.05, 4.69) is 11.6 Å². The maximum absolute atomic E-state index is 14.3. The van der Waals surface area contributed by atoms with Crippen LogP contribution in [-0.4, -0.2) is 68.9 Å². The Morgan fingerprint density at radius 2 is 2.11 bits per heavy atom. The first kappa shape index (κ1) is 23.4. The van der Waals surface area contributed by atoms with E-state index in [-0.39, 0.29) is 29.6 Å². The molecule has 0 radical (unpaired) electrons. The summed E-state index contributed by atoms with van der Waals surface area (Å²) in [5, 5.41) is 10.9. The monoisotopic (exact) mass is 496 g/mol. The van der Waals surface area contributed by atoms with Gasteiger partial charge in [0.1, 0.15) is 23.1 Å². The maximum Gasteiger partial charge on any atom is 0.328 e. The van der Waals surface area contributed by atoms with E-state index in [1.165, 1.54) is 11.0 Å². The van der Waals surface area contributed by atoms with E-state index in [9.17, 15) is 19.1 Å². The van der Waals surface area contributed by atoms with Crippen LogP contribution in [0.3, 0.4) is 0 Å². The average Bonchev–Trinajstić information content (AvgIpc) is 3.23. The van der Waals surface area contributed by atoms with Crippen LogP contribution in [0.2, 0.25) is 5.02 Å². The smallest absolute Gasteiger partial charge is 0.328 e. The number of carbonyl (C=O) groups excluding carboxylic acids is 2. The molecule has 9 heteroatoms. The predicted molar refractivity (Wildman–Crippen MR) is 132 cm³/mol. The molecule has 2 atom stereocenters. The average molecular weight is 497 g/mol. The van der Waals surface area contributed by atoms with Crippen LogP contribution in [-0.2, 0) is 11.2 Å². The van der Waals surface area contributed by atoms with Crippen molar-refractivity contribution in [1.82, 2.24) is 19.7 Å². The molecule has 0 bridgehead atoms. The van der Waals surface area contributed by atoms with Crippen LogP contribution in [0.1, 0.15) is 29.8 Å². The van der Waals surface area contributed by atoms with Crippen LogP contribution < -0.4 is 0 Å². The molecular formula is C26H26ClFN4O3. The van der Waals surface area contributed by atoms with E-state index in [4.69, 9.17) is 11.6 Å². The van der Waals surface area contributed by atoms with Crippen molar-refractivity contribution >= 4 is 34.4 Å². The van der Waals surface area contributed by atoms with Crippen molar-refractivity contribution in [3.63, 3.8) is 0 Å². The SMILES string of the molecule is C=CCN(C)CCN1C(=O)N2C(c3cccc(O)c3)c3[nH]c4cc(F)c(Cl)cc4c3CC2(C)C1=O. The highest BCUT2D eigenvalue weighted by Gasteiger charge is 2.60. The molecule has 3 amide bonds. The quantitative estimate of drug-likeness (QED) is 0.390. The Labute approximate surface area is 207 Å². The van der Waals surface area contributed by atoms with Crippen LogP contribution in [0.25, 0.3) is 10.9 Å². The lowest BCUT2D eigenvalue weighted by molar-refractivity contribution is -0.133. The number of benzene rings is 2. The van der Waals surface area contributed by atoms with Gasteiger partial charge in [-0.15, -0.1) is 6.58 Å². The molecule has 2 N–H and O–H groups in total. The number of halogens is 2. The lowest BCUT2D eigenvalue weighted by Gasteiger charge is -2.42. The molecule has 2 aliphatic rings. The van der Waals surface area contributed by atoms with E-state index in [1.807, 2.05) is 11.9 Å².